The molecule has 25 heavy (non-hydrogen) atoms. The Morgan fingerprint density at radius 1 is 1.28 bits per heavy atom. The van der Waals surface area contributed by atoms with Crippen molar-refractivity contribution in [2.24, 2.45) is 5.92 Å². The molecule has 2 heterocycles. The first-order chi connectivity index (χ1) is 12.3. The van der Waals surface area contributed by atoms with E-state index in [0.717, 1.165) is 58.2 Å². The number of likely N-dealkylation sites (tertiary alicyclic amines) is 1. The third-order valence-electron chi connectivity index (χ3n) is 5.58. The summed E-state index contributed by atoms with van der Waals surface area (Å²) in [6.07, 6.45) is 6.29. The maximum Gasteiger partial charge on any atom is 0.238 e. The summed E-state index contributed by atoms with van der Waals surface area (Å²) in [7, 11) is 0. The van der Waals surface area contributed by atoms with Gasteiger partial charge in [-0.1, -0.05) is 30.3 Å². The molecular formula is C20H31N3O2. The van der Waals surface area contributed by atoms with Gasteiger partial charge in [0, 0.05) is 13.1 Å². The van der Waals surface area contributed by atoms with Gasteiger partial charge in [-0.25, -0.2) is 0 Å². The molecule has 3 N–H and O–H groups in total. The molecule has 1 aromatic rings. The number of carbonyl (C=O) groups is 1. The maximum atomic E-state index is 12.6. The van der Waals surface area contributed by atoms with Crippen LogP contribution in [0.25, 0.3) is 0 Å². The molecule has 2 aliphatic heterocycles. The van der Waals surface area contributed by atoms with Crippen molar-refractivity contribution in [2.75, 3.05) is 26.2 Å². The van der Waals surface area contributed by atoms with Crippen LogP contribution in [0.1, 0.15) is 37.7 Å². The molecule has 0 spiro atoms. The second-order valence-electron chi connectivity index (χ2n) is 7.37. The van der Waals surface area contributed by atoms with Gasteiger partial charge in [0.25, 0.3) is 0 Å². The number of hydrogen-bond donors (Lipinski definition) is 3. The summed E-state index contributed by atoms with van der Waals surface area (Å²) >= 11 is 0. The van der Waals surface area contributed by atoms with Crippen LogP contribution in [0.15, 0.2) is 30.3 Å². The Morgan fingerprint density at radius 2 is 2.04 bits per heavy atom. The van der Waals surface area contributed by atoms with Gasteiger partial charge in [0.1, 0.15) is 6.17 Å². The van der Waals surface area contributed by atoms with Crippen LogP contribution in [0, 0.1) is 5.92 Å². The van der Waals surface area contributed by atoms with E-state index < -0.39 is 0 Å². The third-order valence-corrected chi connectivity index (χ3v) is 5.58. The molecule has 3 rings (SSSR count). The zero-order valence-electron chi connectivity index (χ0n) is 15.0. The number of amides is 1. The van der Waals surface area contributed by atoms with Crippen molar-refractivity contribution >= 4 is 5.91 Å². The van der Waals surface area contributed by atoms with Crippen molar-refractivity contribution in [2.45, 2.75) is 50.7 Å². The summed E-state index contributed by atoms with van der Waals surface area (Å²) in [5.41, 5.74) is 1.37. The largest absolute Gasteiger partial charge is 0.393 e. The second kappa shape index (κ2) is 9.32. The lowest BCUT2D eigenvalue weighted by molar-refractivity contribution is -0.126. The average Bonchev–Trinajstić information content (AvgIpc) is 3.20. The van der Waals surface area contributed by atoms with Crippen LogP contribution in [0.5, 0.6) is 0 Å². The highest BCUT2D eigenvalue weighted by atomic mass is 16.3. The molecule has 2 saturated heterocycles. The molecule has 138 valence electrons. The first-order valence-corrected chi connectivity index (χ1v) is 9.69. The van der Waals surface area contributed by atoms with Crippen molar-refractivity contribution in [3.63, 3.8) is 0 Å². The first-order valence-electron chi connectivity index (χ1n) is 9.69. The highest BCUT2D eigenvalue weighted by molar-refractivity contribution is 5.82. The number of carbonyl (C=O) groups excluding carboxylic acids is 1. The topological polar surface area (TPSA) is 64.6 Å². The Kier molecular flexibility index (Phi) is 6.84. The van der Waals surface area contributed by atoms with Crippen LogP contribution in [-0.4, -0.2) is 54.4 Å². The standard InChI is InChI=1S/C20H31N3O2/c24-15-19(23-12-4-5-13-23)22-20(25)18-14-17(10-11-21-18)9-8-16-6-2-1-3-7-16/h1-3,6-7,17-19,21,24H,4-5,8-15H2,(H,22,25). The number of aliphatic hydroxyl groups is 1. The molecule has 0 aromatic heterocycles. The van der Waals surface area contributed by atoms with Crippen LogP contribution in [-0.2, 0) is 11.2 Å². The molecule has 2 aliphatic rings. The first kappa shape index (κ1) is 18.4. The summed E-state index contributed by atoms with van der Waals surface area (Å²) in [5.74, 6) is 0.618. The van der Waals surface area contributed by atoms with Crippen molar-refractivity contribution in [1.82, 2.24) is 15.5 Å². The quantitative estimate of drug-likeness (QED) is 0.701. The van der Waals surface area contributed by atoms with E-state index >= 15 is 0 Å². The minimum atomic E-state index is -0.235. The molecule has 0 saturated carbocycles. The molecule has 0 radical (unpaired) electrons. The highest BCUT2D eigenvalue weighted by Gasteiger charge is 2.30. The lowest BCUT2D eigenvalue weighted by Gasteiger charge is -2.32. The van der Waals surface area contributed by atoms with Gasteiger partial charge < -0.3 is 15.7 Å². The van der Waals surface area contributed by atoms with E-state index in [1.54, 1.807) is 0 Å². The molecule has 0 bridgehead atoms. The summed E-state index contributed by atoms with van der Waals surface area (Å²) < 4.78 is 0. The Morgan fingerprint density at radius 3 is 2.76 bits per heavy atom. The fraction of sp³-hybridized carbons (Fsp3) is 0.650. The second-order valence-corrected chi connectivity index (χ2v) is 7.37. The summed E-state index contributed by atoms with van der Waals surface area (Å²) in [5, 5.41) is 16.0. The number of aryl methyl sites for hydroxylation is 1. The number of nitrogens with zero attached hydrogens (tertiary/aromatic N) is 1. The SMILES string of the molecule is O=C(NC(CO)N1CCCC1)C1CC(CCc2ccccc2)CCN1. The number of piperidine rings is 1. The maximum absolute atomic E-state index is 12.6. The minimum absolute atomic E-state index is 0.0180. The Bertz CT molecular complexity index is 531. The molecular weight excluding hydrogens is 314 g/mol. The van der Waals surface area contributed by atoms with Crippen molar-refractivity contribution in [3.8, 4) is 0 Å². The lowest BCUT2D eigenvalue weighted by Crippen LogP contribution is -2.56. The van der Waals surface area contributed by atoms with Gasteiger partial charge in [-0.05, 0) is 56.6 Å². The van der Waals surface area contributed by atoms with Crippen LogP contribution in [0.4, 0.5) is 0 Å². The predicted molar refractivity (Wildman–Crippen MR) is 99.1 cm³/mol. The highest BCUT2D eigenvalue weighted by Crippen LogP contribution is 2.22. The predicted octanol–water partition coefficient (Wildman–Crippen LogP) is 1.52. The van der Waals surface area contributed by atoms with E-state index in [1.165, 1.54) is 5.56 Å². The smallest absolute Gasteiger partial charge is 0.238 e. The number of aliphatic hydroxyl groups excluding tert-OH is 1. The van der Waals surface area contributed by atoms with E-state index in [-0.39, 0.29) is 24.7 Å². The third kappa shape index (κ3) is 5.27. The molecule has 3 unspecified atom stereocenters. The van der Waals surface area contributed by atoms with Gasteiger partial charge in [0.2, 0.25) is 5.91 Å². The Hall–Kier alpha value is -1.43. The zero-order valence-corrected chi connectivity index (χ0v) is 15.0. The molecule has 5 nitrogen and oxygen atoms in total. The van der Waals surface area contributed by atoms with Gasteiger partial charge in [-0.15, -0.1) is 0 Å². The molecule has 1 amide bonds. The van der Waals surface area contributed by atoms with Crippen LogP contribution < -0.4 is 10.6 Å². The van der Waals surface area contributed by atoms with Crippen molar-refractivity contribution < 1.29 is 9.90 Å². The Labute approximate surface area is 150 Å². The summed E-state index contributed by atoms with van der Waals surface area (Å²) in [6, 6.07) is 10.4. The van der Waals surface area contributed by atoms with Crippen LogP contribution >= 0.6 is 0 Å². The lowest BCUT2D eigenvalue weighted by atomic mass is 9.87. The van der Waals surface area contributed by atoms with Gasteiger partial charge in [-0.2, -0.15) is 0 Å². The summed E-state index contributed by atoms with van der Waals surface area (Å²) in [4.78, 5) is 14.8. The van der Waals surface area contributed by atoms with Gasteiger partial charge >= 0.3 is 0 Å². The number of benzene rings is 1. The fourth-order valence-electron chi connectivity index (χ4n) is 4.04. The summed E-state index contributed by atoms with van der Waals surface area (Å²) in [6.45, 7) is 2.80. The molecule has 0 aliphatic carbocycles. The molecule has 1 aromatic carbocycles. The van der Waals surface area contributed by atoms with Crippen LogP contribution in [0.3, 0.4) is 0 Å². The number of hydrogen-bond acceptors (Lipinski definition) is 4. The van der Waals surface area contributed by atoms with Crippen molar-refractivity contribution in [3.05, 3.63) is 35.9 Å². The fourth-order valence-corrected chi connectivity index (χ4v) is 4.04. The average molecular weight is 345 g/mol. The molecule has 3 atom stereocenters. The van der Waals surface area contributed by atoms with Gasteiger partial charge in [0.05, 0.1) is 12.6 Å². The van der Waals surface area contributed by atoms with E-state index in [4.69, 9.17) is 0 Å². The minimum Gasteiger partial charge on any atom is -0.393 e. The zero-order chi connectivity index (χ0) is 17.5. The molecule has 5 heteroatoms. The van der Waals surface area contributed by atoms with E-state index in [2.05, 4.69) is 39.8 Å². The van der Waals surface area contributed by atoms with E-state index in [9.17, 15) is 9.90 Å². The molecule has 2 fully saturated rings. The van der Waals surface area contributed by atoms with Gasteiger partial charge in [-0.3, -0.25) is 9.69 Å². The normalized spacial score (nSPS) is 25.6. The van der Waals surface area contributed by atoms with Crippen molar-refractivity contribution in [1.29, 1.82) is 0 Å². The number of rotatable bonds is 7. The number of nitrogens with one attached hydrogen (secondary N) is 2. The monoisotopic (exact) mass is 345 g/mol. The Balaban J connectivity index is 1.47. The van der Waals surface area contributed by atoms with E-state index in [0.29, 0.717) is 5.92 Å². The van der Waals surface area contributed by atoms with E-state index in [1.807, 2.05) is 6.07 Å². The van der Waals surface area contributed by atoms with Crippen LogP contribution in [0.2, 0.25) is 0 Å². The van der Waals surface area contributed by atoms with Gasteiger partial charge in [0.15, 0.2) is 0 Å².